The van der Waals surface area contributed by atoms with Crippen molar-refractivity contribution in [1.82, 2.24) is 0 Å². The first kappa shape index (κ1) is 14.3. The quantitative estimate of drug-likeness (QED) is 0.421. The van der Waals surface area contributed by atoms with Crippen LogP contribution in [-0.4, -0.2) is 0 Å². The number of rotatable bonds is 3. The zero-order chi connectivity index (χ0) is 13.1. The summed E-state index contributed by atoms with van der Waals surface area (Å²) in [5.41, 5.74) is 2.22. The monoisotopic (exact) mass is 438 g/mol. The Morgan fingerprint density at radius 1 is 1.17 bits per heavy atom. The summed E-state index contributed by atoms with van der Waals surface area (Å²) in [7, 11) is 0. The number of hydrogen-bond donors (Lipinski definition) is 0. The van der Waals surface area contributed by atoms with Crippen molar-refractivity contribution in [3.8, 4) is 0 Å². The molecule has 2 rings (SSSR count). The molecular weight excluding hydrogens is 429 g/mol. The van der Waals surface area contributed by atoms with Gasteiger partial charge in [-0.05, 0) is 64.4 Å². The van der Waals surface area contributed by atoms with E-state index in [9.17, 15) is 4.39 Å². The minimum atomic E-state index is -0.206. The van der Waals surface area contributed by atoms with Crippen LogP contribution in [0, 0.1) is 9.39 Å². The molecule has 1 unspecified atom stereocenters. The van der Waals surface area contributed by atoms with Gasteiger partial charge in [-0.1, -0.05) is 45.7 Å². The molecule has 0 aliphatic heterocycles. The number of halogens is 4. The molecule has 2 aromatic rings. The van der Waals surface area contributed by atoms with Crippen LogP contribution in [0.3, 0.4) is 0 Å². The predicted octanol–water partition coefficient (Wildman–Crippen LogP) is 5.76. The molecule has 4 heteroatoms. The molecule has 0 bridgehead atoms. The minimum Gasteiger partial charge on any atom is -0.207 e. The summed E-state index contributed by atoms with van der Waals surface area (Å²) in [5, 5.41) is 0.761. The van der Waals surface area contributed by atoms with Gasteiger partial charge in [0.1, 0.15) is 5.82 Å². The SMILES string of the molecule is Fc1ccc(CC(Br)c2ccc(I)c(Cl)c2)cc1. The number of alkyl halides is 1. The Balaban J connectivity index is 2.13. The highest BCUT2D eigenvalue weighted by atomic mass is 127. The lowest BCUT2D eigenvalue weighted by molar-refractivity contribution is 0.627. The fourth-order valence-corrected chi connectivity index (χ4v) is 2.84. The highest BCUT2D eigenvalue weighted by Gasteiger charge is 2.10. The summed E-state index contributed by atoms with van der Waals surface area (Å²) in [6.45, 7) is 0. The topological polar surface area (TPSA) is 0 Å². The molecule has 0 fully saturated rings. The molecule has 0 amide bonds. The Morgan fingerprint density at radius 3 is 2.44 bits per heavy atom. The predicted molar refractivity (Wildman–Crippen MR) is 85.9 cm³/mol. The lowest BCUT2D eigenvalue weighted by Gasteiger charge is -2.11. The van der Waals surface area contributed by atoms with Gasteiger partial charge >= 0.3 is 0 Å². The van der Waals surface area contributed by atoms with E-state index in [0.29, 0.717) is 0 Å². The van der Waals surface area contributed by atoms with Crippen LogP contribution in [0.25, 0.3) is 0 Å². The largest absolute Gasteiger partial charge is 0.207 e. The Hall–Kier alpha value is -0.130. The van der Waals surface area contributed by atoms with Gasteiger partial charge in [0.2, 0.25) is 0 Å². The molecule has 0 nitrogen and oxygen atoms in total. The third kappa shape index (κ3) is 3.68. The summed E-state index contributed by atoms with van der Waals surface area (Å²) < 4.78 is 13.9. The number of benzene rings is 2. The van der Waals surface area contributed by atoms with Crippen LogP contribution in [0.4, 0.5) is 4.39 Å². The smallest absolute Gasteiger partial charge is 0.123 e. The maximum atomic E-state index is 12.8. The van der Waals surface area contributed by atoms with Gasteiger partial charge in [-0.25, -0.2) is 4.39 Å². The van der Waals surface area contributed by atoms with Gasteiger partial charge in [0.05, 0.1) is 5.02 Å². The van der Waals surface area contributed by atoms with E-state index in [1.165, 1.54) is 12.1 Å². The molecule has 1 atom stereocenters. The molecule has 94 valence electrons. The van der Waals surface area contributed by atoms with E-state index < -0.39 is 0 Å². The normalized spacial score (nSPS) is 12.4. The average molecular weight is 439 g/mol. The van der Waals surface area contributed by atoms with E-state index in [-0.39, 0.29) is 10.6 Å². The molecule has 2 aromatic carbocycles. The van der Waals surface area contributed by atoms with Crippen LogP contribution in [-0.2, 0) is 6.42 Å². The molecule has 18 heavy (non-hydrogen) atoms. The minimum absolute atomic E-state index is 0.178. The molecule has 0 saturated carbocycles. The molecular formula is C14H10BrClFI. The second-order valence-corrected chi connectivity index (χ2v) is 6.65. The van der Waals surface area contributed by atoms with Crippen molar-refractivity contribution in [2.24, 2.45) is 0 Å². The van der Waals surface area contributed by atoms with Crippen LogP contribution < -0.4 is 0 Å². The summed E-state index contributed by atoms with van der Waals surface area (Å²) in [5.74, 6) is -0.206. The van der Waals surface area contributed by atoms with E-state index in [0.717, 1.165) is 26.1 Å². The van der Waals surface area contributed by atoms with Gasteiger partial charge in [-0.2, -0.15) is 0 Å². The maximum absolute atomic E-state index is 12.8. The summed E-state index contributed by atoms with van der Waals surface area (Å²) in [4.78, 5) is 0.178. The highest BCUT2D eigenvalue weighted by Crippen LogP contribution is 2.30. The average Bonchev–Trinajstić information content (AvgIpc) is 2.35. The van der Waals surface area contributed by atoms with Gasteiger partial charge in [0, 0.05) is 8.40 Å². The zero-order valence-corrected chi connectivity index (χ0v) is 13.8. The van der Waals surface area contributed by atoms with Gasteiger partial charge in [-0.15, -0.1) is 0 Å². The van der Waals surface area contributed by atoms with E-state index in [2.05, 4.69) is 44.6 Å². The van der Waals surface area contributed by atoms with Crippen molar-refractivity contribution >= 4 is 50.1 Å². The van der Waals surface area contributed by atoms with Crippen LogP contribution in [0.15, 0.2) is 42.5 Å². The van der Waals surface area contributed by atoms with Crippen molar-refractivity contribution < 1.29 is 4.39 Å². The summed E-state index contributed by atoms with van der Waals surface area (Å²) in [6.07, 6.45) is 0.803. The second kappa shape index (κ2) is 6.35. The van der Waals surface area contributed by atoms with E-state index >= 15 is 0 Å². The zero-order valence-electron chi connectivity index (χ0n) is 9.34. The van der Waals surface area contributed by atoms with E-state index in [1.807, 2.05) is 12.1 Å². The fraction of sp³-hybridized carbons (Fsp3) is 0.143. The Bertz CT molecular complexity index is 542. The molecule has 0 heterocycles. The third-order valence-corrected chi connectivity index (χ3v) is 5.06. The molecule has 0 aliphatic carbocycles. The van der Waals surface area contributed by atoms with E-state index in [1.54, 1.807) is 12.1 Å². The molecule has 0 radical (unpaired) electrons. The van der Waals surface area contributed by atoms with Gasteiger partial charge < -0.3 is 0 Å². The Morgan fingerprint density at radius 2 is 1.83 bits per heavy atom. The maximum Gasteiger partial charge on any atom is 0.123 e. The van der Waals surface area contributed by atoms with Crippen LogP contribution in [0.1, 0.15) is 16.0 Å². The molecule has 0 N–H and O–H groups in total. The molecule has 0 saturated heterocycles. The van der Waals surface area contributed by atoms with Crippen molar-refractivity contribution in [3.63, 3.8) is 0 Å². The Labute approximate surface area is 133 Å². The van der Waals surface area contributed by atoms with Crippen molar-refractivity contribution in [2.75, 3.05) is 0 Å². The van der Waals surface area contributed by atoms with Gasteiger partial charge in [-0.3, -0.25) is 0 Å². The Kier molecular flexibility index (Phi) is 5.04. The standard InChI is InChI=1S/C14H10BrClFI/c15-12(7-9-1-4-11(17)5-2-9)10-3-6-14(18)13(16)8-10/h1-6,8,12H,7H2. The van der Waals surface area contributed by atoms with Crippen molar-refractivity contribution in [3.05, 3.63) is 68.0 Å². The van der Waals surface area contributed by atoms with Gasteiger partial charge in [0.15, 0.2) is 0 Å². The highest BCUT2D eigenvalue weighted by molar-refractivity contribution is 14.1. The third-order valence-electron chi connectivity index (χ3n) is 2.63. The summed E-state index contributed by atoms with van der Waals surface area (Å²) >= 11 is 12.0. The van der Waals surface area contributed by atoms with Crippen LogP contribution in [0.2, 0.25) is 5.02 Å². The molecule has 0 spiro atoms. The second-order valence-electron chi connectivity index (χ2n) is 3.97. The summed E-state index contributed by atoms with van der Waals surface area (Å²) in [6, 6.07) is 12.6. The lowest BCUT2D eigenvalue weighted by atomic mass is 10.0. The first-order valence-electron chi connectivity index (χ1n) is 5.40. The lowest BCUT2D eigenvalue weighted by Crippen LogP contribution is -1.96. The van der Waals surface area contributed by atoms with Crippen LogP contribution >= 0.6 is 50.1 Å². The molecule has 0 aromatic heterocycles. The first-order chi connectivity index (χ1) is 8.56. The van der Waals surface area contributed by atoms with Crippen molar-refractivity contribution in [2.45, 2.75) is 11.2 Å². The van der Waals surface area contributed by atoms with Crippen LogP contribution in [0.5, 0.6) is 0 Å². The van der Waals surface area contributed by atoms with Gasteiger partial charge in [0.25, 0.3) is 0 Å². The van der Waals surface area contributed by atoms with E-state index in [4.69, 9.17) is 11.6 Å². The number of hydrogen-bond acceptors (Lipinski definition) is 0. The van der Waals surface area contributed by atoms with Crippen molar-refractivity contribution in [1.29, 1.82) is 0 Å². The fourth-order valence-electron chi connectivity index (χ4n) is 1.65. The first-order valence-corrected chi connectivity index (χ1v) is 7.77. The molecule has 0 aliphatic rings.